The summed E-state index contributed by atoms with van der Waals surface area (Å²) in [6.07, 6.45) is 15.3. The number of nitrogens with one attached hydrogen (secondary N) is 4. The SMILES string of the molecule is CCC[C@H](NC(=O)[C@@H]1[C@H]2CCC[C@H]2CN1C(=O)C(NC[C@@H](NC(=O)c1cnccn1)C1CCCCC1)C(C)(C)C)C(=O)C(=O)NC1CC1. The molecule has 0 spiro atoms. The first-order valence-electron chi connectivity index (χ1n) is 18.2. The van der Waals surface area contributed by atoms with Gasteiger partial charge in [-0.05, 0) is 68.1 Å². The number of amides is 4. The summed E-state index contributed by atoms with van der Waals surface area (Å²) in [5, 5.41) is 12.4. The largest absolute Gasteiger partial charge is 0.347 e. The van der Waals surface area contributed by atoms with E-state index >= 15 is 0 Å². The fourth-order valence-corrected chi connectivity index (χ4v) is 8.03. The maximum Gasteiger partial charge on any atom is 0.289 e. The number of Topliss-reactive ketones (excluding diaryl/α,β-unsaturated/α-hetero) is 1. The number of carbonyl (C=O) groups is 5. The van der Waals surface area contributed by atoms with E-state index in [-0.39, 0.29) is 53.3 Å². The number of hydrogen-bond donors (Lipinski definition) is 4. The van der Waals surface area contributed by atoms with E-state index in [9.17, 15) is 24.0 Å². The number of likely N-dealkylation sites (tertiary alicyclic amines) is 1. The number of ketones is 1. The zero-order valence-electron chi connectivity index (χ0n) is 29.1. The lowest BCUT2D eigenvalue weighted by molar-refractivity contribution is -0.145. The zero-order chi connectivity index (χ0) is 34.4. The van der Waals surface area contributed by atoms with Crippen LogP contribution in [0.2, 0.25) is 0 Å². The van der Waals surface area contributed by atoms with E-state index in [1.54, 1.807) is 4.90 Å². The maximum atomic E-state index is 14.6. The molecule has 264 valence electrons. The van der Waals surface area contributed by atoms with Crippen LogP contribution in [0.1, 0.15) is 115 Å². The quantitative estimate of drug-likeness (QED) is 0.221. The smallest absolute Gasteiger partial charge is 0.289 e. The Morgan fingerprint density at radius 3 is 2.33 bits per heavy atom. The summed E-state index contributed by atoms with van der Waals surface area (Å²) in [4.78, 5) is 77.6. The Morgan fingerprint density at radius 2 is 1.69 bits per heavy atom. The van der Waals surface area contributed by atoms with Crippen LogP contribution >= 0.6 is 0 Å². The van der Waals surface area contributed by atoms with Gasteiger partial charge in [0.05, 0.1) is 18.3 Å². The van der Waals surface area contributed by atoms with Crippen molar-refractivity contribution in [2.24, 2.45) is 23.2 Å². The molecule has 2 heterocycles. The molecule has 1 saturated heterocycles. The second-order valence-corrected chi connectivity index (χ2v) is 15.5. The molecule has 4 fully saturated rings. The molecule has 0 radical (unpaired) electrons. The van der Waals surface area contributed by atoms with Gasteiger partial charge in [0.15, 0.2) is 0 Å². The average Bonchev–Trinajstić information content (AvgIpc) is 3.63. The van der Waals surface area contributed by atoms with Gasteiger partial charge in [-0.25, -0.2) is 4.98 Å². The van der Waals surface area contributed by atoms with E-state index < -0.39 is 35.2 Å². The standard InChI is InChI=1S/C36H55N7O5/c1-5-10-26(30(44)34(47)40-24-15-16-24)41-33(46)29-25-14-9-13-23(25)21-43(29)35(48)31(36(2,3)4)39-20-27(22-11-7-6-8-12-22)42-32(45)28-19-37-17-18-38-28/h17-19,22-27,29,31,39H,5-16,20-21H2,1-4H3,(H,40,47)(H,41,46)(H,42,45)/t23-,25-,26-,27+,29-,31?/m0/s1. The van der Waals surface area contributed by atoms with Crippen molar-refractivity contribution in [2.75, 3.05) is 13.1 Å². The summed E-state index contributed by atoms with van der Waals surface area (Å²) >= 11 is 0. The predicted molar refractivity (Wildman–Crippen MR) is 180 cm³/mol. The Morgan fingerprint density at radius 1 is 0.938 bits per heavy atom. The second kappa shape index (κ2) is 15.9. The summed E-state index contributed by atoms with van der Waals surface area (Å²) in [6, 6.07) is -2.42. The highest BCUT2D eigenvalue weighted by molar-refractivity contribution is 6.38. The van der Waals surface area contributed by atoms with Crippen LogP contribution in [-0.2, 0) is 19.2 Å². The summed E-state index contributed by atoms with van der Waals surface area (Å²) in [6.45, 7) is 8.83. The molecule has 12 heteroatoms. The molecule has 1 unspecified atom stereocenters. The van der Waals surface area contributed by atoms with Gasteiger partial charge in [0, 0.05) is 37.6 Å². The van der Waals surface area contributed by atoms with E-state index in [4.69, 9.17) is 0 Å². The molecule has 12 nitrogen and oxygen atoms in total. The summed E-state index contributed by atoms with van der Waals surface area (Å²) in [5.41, 5.74) is -0.243. The number of rotatable bonds is 14. The molecule has 0 aromatic carbocycles. The van der Waals surface area contributed by atoms with Crippen LogP contribution in [-0.4, -0.2) is 87.6 Å². The monoisotopic (exact) mass is 665 g/mol. The van der Waals surface area contributed by atoms with Gasteiger partial charge in [-0.15, -0.1) is 0 Å². The van der Waals surface area contributed by atoms with Crippen molar-refractivity contribution < 1.29 is 24.0 Å². The number of hydrogen-bond acceptors (Lipinski definition) is 8. The molecule has 48 heavy (non-hydrogen) atoms. The maximum absolute atomic E-state index is 14.6. The minimum atomic E-state index is -0.927. The van der Waals surface area contributed by atoms with Crippen LogP contribution in [0, 0.1) is 23.2 Å². The molecule has 1 aromatic rings. The van der Waals surface area contributed by atoms with Gasteiger partial charge >= 0.3 is 0 Å². The number of fused-ring (bicyclic) bond motifs is 1. The summed E-state index contributed by atoms with van der Waals surface area (Å²) < 4.78 is 0. The van der Waals surface area contributed by atoms with Gasteiger partial charge in [0.2, 0.25) is 17.6 Å². The fourth-order valence-electron chi connectivity index (χ4n) is 8.03. The highest BCUT2D eigenvalue weighted by atomic mass is 16.2. The molecule has 0 bridgehead atoms. The van der Waals surface area contributed by atoms with Crippen molar-refractivity contribution in [3.8, 4) is 0 Å². The van der Waals surface area contributed by atoms with Crippen LogP contribution in [0.25, 0.3) is 0 Å². The van der Waals surface area contributed by atoms with Gasteiger partial charge in [0.1, 0.15) is 11.7 Å². The van der Waals surface area contributed by atoms with E-state index in [0.717, 1.165) is 57.8 Å². The van der Waals surface area contributed by atoms with E-state index in [1.165, 1.54) is 25.0 Å². The van der Waals surface area contributed by atoms with Crippen LogP contribution in [0.15, 0.2) is 18.6 Å². The average molecular weight is 666 g/mol. The Bertz CT molecular complexity index is 1310. The van der Waals surface area contributed by atoms with E-state index in [1.807, 2.05) is 27.7 Å². The molecule has 4 aliphatic rings. The van der Waals surface area contributed by atoms with Crippen molar-refractivity contribution >= 4 is 29.4 Å². The minimum Gasteiger partial charge on any atom is -0.347 e. The van der Waals surface area contributed by atoms with Crippen molar-refractivity contribution in [3.05, 3.63) is 24.3 Å². The Kier molecular flexibility index (Phi) is 11.9. The molecule has 4 amide bonds. The van der Waals surface area contributed by atoms with E-state index in [0.29, 0.717) is 25.9 Å². The van der Waals surface area contributed by atoms with Crippen molar-refractivity contribution in [1.29, 1.82) is 0 Å². The molecule has 6 atom stereocenters. The van der Waals surface area contributed by atoms with Crippen LogP contribution in [0.5, 0.6) is 0 Å². The Labute approximate surface area is 284 Å². The predicted octanol–water partition coefficient (Wildman–Crippen LogP) is 2.92. The summed E-state index contributed by atoms with van der Waals surface area (Å²) in [7, 11) is 0. The Hall–Kier alpha value is -3.41. The van der Waals surface area contributed by atoms with Crippen molar-refractivity contribution in [1.82, 2.24) is 36.1 Å². The second-order valence-electron chi connectivity index (χ2n) is 15.5. The highest BCUT2D eigenvalue weighted by Crippen LogP contribution is 2.43. The third-order valence-corrected chi connectivity index (χ3v) is 10.8. The Balaban J connectivity index is 1.32. The number of carbonyl (C=O) groups excluding carboxylic acids is 5. The van der Waals surface area contributed by atoms with Crippen molar-refractivity contribution in [3.63, 3.8) is 0 Å². The number of nitrogens with zero attached hydrogens (tertiary/aromatic N) is 3. The zero-order valence-corrected chi connectivity index (χ0v) is 29.1. The highest BCUT2D eigenvalue weighted by Gasteiger charge is 2.52. The van der Waals surface area contributed by atoms with Crippen molar-refractivity contribution in [2.45, 2.75) is 135 Å². The lowest BCUT2D eigenvalue weighted by Gasteiger charge is -2.38. The normalized spacial score (nSPS) is 24.7. The van der Waals surface area contributed by atoms with Gasteiger partial charge in [0.25, 0.3) is 11.8 Å². The first-order chi connectivity index (χ1) is 23.0. The van der Waals surface area contributed by atoms with Crippen LogP contribution < -0.4 is 21.3 Å². The van der Waals surface area contributed by atoms with Gasteiger partial charge in [-0.2, -0.15) is 0 Å². The molecule has 4 N–H and O–H groups in total. The molecule has 3 saturated carbocycles. The van der Waals surface area contributed by atoms with E-state index in [2.05, 4.69) is 31.2 Å². The van der Waals surface area contributed by atoms with Gasteiger partial charge in [-0.3, -0.25) is 29.0 Å². The third kappa shape index (κ3) is 8.78. The van der Waals surface area contributed by atoms with Gasteiger partial charge < -0.3 is 26.2 Å². The van der Waals surface area contributed by atoms with Crippen LogP contribution in [0.3, 0.4) is 0 Å². The molecule has 1 aliphatic heterocycles. The molecule has 5 rings (SSSR count). The van der Waals surface area contributed by atoms with Gasteiger partial charge in [-0.1, -0.05) is 59.8 Å². The number of aromatic nitrogens is 2. The minimum absolute atomic E-state index is 0.00787. The summed E-state index contributed by atoms with van der Waals surface area (Å²) in [5.74, 6) is -1.58. The lowest BCUT2D eigenvalue weighted by atomic mass is 9.82. The lowest BCUT2D eigenvalue weighted by Crippen LogP contribution is -2.60. The topological polar surface area (TPSA) is 162 Å². The first kappa shape index (κ1) is 35.9. The molecular weight excluding hydrogens is 610 g/mol. The molecule has 1 aromatic heterocycles. The van der Waals surface area contributed by atoms with Crippen LogP contribution in [0.4, 0.5) is 0 Å². The third-order valence-electron chi connectivity index (χ3n) is 10.8. The molecular formula is C36H55N7O5. The first-order valence-corrected chi connectivity index (χ1v) is 18.2. The molecule has 3 aliphatic carbocycles. The fraction of sp³-hybridized carbons (Fsp3) is 0.750.